The standard InChI is InChI=1S/C20H19NO7/c1-11(22)13-4-5-16(17(6-13)25-3)26-9-20(24)21-15-8-19-18(27-10-28-19)7-14(15)12(2)23/h4-8H,9-10H2,1-3H3,(H,21,24). The van der Waals surface area contributed by atoms with Crippen LogP contribution in [-0.4, -0.2) is 38.0 Å². The number of carbonyl (C=O) groups is 3. The zero-order valence-electron chi connectivity index (χ0n) is 15.7. The van der Waals surface area contributed by atoms with Gasteiger partial charge in [0.15, 0.2) is 41.2 Å². The summed E-state index contributed by atoms with van der Waals surface area (Å²) in [6.45, 7) is 2.58. The minimum Gasteiger partial charge on any atom is -0.493 e. The zero-order chi connectivity index (χ0) is 20.3. The van der Waals surface area contributed by atoms with E-state index in [1.807, 2.05) is 0 Å². The number of ether oxygens (including phenoxy) is 4. The molecule has 1 aliphatic rings. The van der Waals surface area contributed by atoms with Crippen molar-refractivity contribution in [3.8, 4) is 23.0 Å². The molecule has 0 fully saturated rings. The fraction of sp³-hybridized carbons (Fsp3) is 0.250. The van der Waals surface area contributed by atoms with E-state index in [9.17, 15) is 14.4 Å². The Labute approximate surface area is 161 Å². The number of rotatable bonds is 7. The van der Waals surface area contributed by atoms with Crippen molar-refractivity contribution in [1.29, 1.82) is 0 Å². The number of benzene rings is 2. The van der Waals surface area contributed by atoms with E-state index in [1.54, 1.807) is 24.3 Å². The minimum absolute atomic E-state index is 0.0588. The molecule has 2 aromatic carbocycles. The molecule has 1 aliphatic heterocycles. The van der Waals surface area contributed by atoms with Crippen LogP contribution in [0.2, 0.25) is 0 Å². The van der Waals surface area contributed by atoms with E-state index in [0.717, 1.165) is 0 Å². The lowest BCUT2D eigenvalue weighted by molar-refractivity contribution is -0.118. The Morgan fingerprint density at radius 3 is 2.36 bits per heavy atom. The largest absolute Gasteiger partial charge is 0.493 e. The van der Waals surface area contributed by atoms with Gasteiger partial charge in [0.2, 0.25) is 6.79 Å². The van der Waals surface area contributed by atoms with E-state index >= 15 is 0 Å². The lowest BCUT2D eigenvalue weighted by Crippen LogP contribution is -2.21. The smallest absolute Gasteiger partial charge is 0.262 e. The summed E-state index contributed by atoms with van der Waals surface area (Å²) >= 11 is 0. The van der Waals surface area contributed by atoms with Crippen LogP contribution in [0.15, 0.2) is 30.3 Å². The molecular formula is C20H19NO7. The summed E-state index contributed by atoms with van der Waals surface area (Å²) in [5.41, 5.74) is 1.09. The van der Waals surface area contributed by atoms with Crippen molar-refractivity contribution in [2.75, 3.05) is 25.8 Å². The summed E-state index contributed by atoms with van der Waals surface area (Å²) in [6, 6.07) is 7.76. The molecule has 1 N–H and O–H groups in total. The SMILES string of the molecule is COc1cc(C(C)=O)ccc1OCC(=O)Nc1cc2c(cc1C(C)=O)OCO2. The number of methoxy groups -OCH3 is 1. The average Bonchev–Trinajstić information content (AvgIpc) is 3.12. The molecular weight excluding hydrogens is 366 g/mol. The van der Waals surface area contributed by atoms with Crippen molar-refractivity contribution in [2.24, 2.45) is 0 Å². The molecule has 28 heavy (non-hydrogen) atoms. The van der Waals surface area contributed by atoms with Gasteiger partial charge < -0.3 is 24.3 Å². The fourth-order valence-electron chi connectivity index (χ4n) is 2.67. The second-order valence-electron chi connectivity index (χ2n) is 6.07. The third kappa shape index (κ3) is 4.06. The second-order valence-corrected chi connectivity index (χ2v) is 6.07. The summed E-state index contributed by atoms with van der Waals surface area (Å²) in [4.78, 5) is 35.7. The zero-order valence-corrected chi connectivity index (χ0v) is 15.7. The van der Waals surface area contributed by atoms with Crippen LogP contribution in [0.3, 0.4) is 0 Å². The first-order valence-electron chi connectivity index (χ1n) is 8.45. The van der Waals surface area contributed by atoms with Gasteiger partial charge in [-0.05, 0) is 38.1 Å². The van der Waals surface area contributed by atoms with Crippen LogP contribution in [0, 0.1) is 0 Å². The number of hydrogen-bond acceptors (Lipinski definition) is 7. The molecule has 0 aliphatic carbocycles. The monoisotopic (exact) mass is 385 g/mol. The molecule has 0 radical (unpaired) electrons. The molecule has 2 aromatic rings. The Morgan fingerprint density at radius 1 is 1.00 bits per heavy atom. The number of anilines is 1. The Kier molecular flexibility index (Phi) is 5.49. The van der Waals surface area contributed by atoms with E-state index in [2.05, 4.69) is 5.32 Å². The molecule has 146 valence electrons. The topological polar surface area (TPSA) is 100 Å². The summed E-state index contributed by atoms with van der Waals surface area (Å²) < 4.78 is 21.2. The van der Waals surface area contributed by atoms with Crippen LogP contribution in [0.4, 0.5) is 5.69 Å². The van der Waals surface area contributed by atoms with Crippen molar-refractivity contribution in [2.45, 2.75) is 13.8 Å². The summed E-state index contributed by atoms with van der Waals surface area (Å²) in [7, 11) is 1.44. The van der Waals surface area contributed by atoms with Gasteiger partial charge in [0, 0.05) is 17.2 Å². The highest BCUT2D eigenvalue weighted by atomic mass is 16.7. The first-order chi connectivity index (χ1) is 13.4. The Bertz CT molecular complexity index is 952. The van der Waals surface area contributed by atoms with E-state index in [-0.39, 0.29) is 25.0 Å². The quantitative estimate of drug-likeness (QED) is 0.732. The molecule has 0 atom stereocenters. The molecule has 8 nitrogen and oxygen atoms in total. The Balaban J connectivity index is 1.72. The van der Waals surface area contributed by atoms with Gasteiger partial charge in [-0.2, -0.15) is 0 Å². The summed E-state index contributed by atoms with van der Waals surface area (Å²) in [5.74, 6) is 0.753. The summed E-state index contributed by atoms with van der Waals surface area (Å²) in [5, 5.41) is 2.64. The molecule has 1 heterocycles. The number of hydrogen-bond donors (Lipinski definition) is 1. The maximum absolute atomic E-state index is 12.3. The number of ketones is 2. The van der Waals surface area contributed by atoms with Crippen molar-refractivity contribution >= 4 is 23.2 Å². The van der Waals surface area contributed by atoms with E-state index in [4.69, 9.17) is 18.9 Å². The molecule has 0 saturated carbocycles. The number of nitrogens with one attached hydrogen (secondary N) is 1. The molecule has 0 aromatic heterocycles. The van der Waals surface area contributed by atoms with Gasteiger partial charge >= 0.3 is 0 Å². The second kappa shape index (κ2) is 7.99. The molecule has 3 rings (SSSR count). The third-order valence-corrected chi connectivity index (χ3v) is 4.10. The lowest BCUT2D eigenvalue weighted by atomic mass is 10.1. The molecule has 0 saturated heterocycles. The van der Waals surface area contributed by atoms with Gasteiger partial charge in [-0.25, -0.2) is 0 Å². The van der Waals surface area contributed by atoms with Gasteiger partial charge in [0.25, 0.3) is 5.91 Å². The number of amides is 1. The van der Waals surface area contributed by atoms with Crippen molar-refractivity contribution in [3.05, 3.63) is 41.5 Å². The van der Waals surface area contributed by atoms with Gasteiger partial charge in [-0.3, -0.25) is 14.4 Å². The number of Topliss-reactive ketones (excluding diaryl/α,β-unsaturated/α-hetero) is 2. The van der Waals surface area contributed by atoms with Crippen LogP contribution in [0.25, 0.3) is 0 Å². The normalized spacial score (nSPS) is 11.7. The first-order valence-corrected chi connectivity index (χ1v) is 8.45. The maximum atomic E-state index is 12.3. The van der Waals surface area contributed by atoms with E-state index < -0.39 is 5.91 Å². The van der Waals surface area contributed by atoms with E-state index in [0.29, 0.717) is 39.8 Å². The Hall–Kier alpha value is -3.55. The molecule has 8 heteroatoms. The van der Waals surface area contributed by atoms with Gasteiger partial charge in [0.1, 0.15) is 0 Å². The summed E-state index contributed by atoms with van der Waals surface area (Å²) in [6.07, 6.45) is 0. The maximum Gasteiger partial charge on any atom is 0.262 e. The van der Waals surface area contributed by atoms with Gasteiger partial charge in [-0.15, -0.1) is 0 Å². The number of carbonyl (C=O) groups excluding carboxylic acids is 3. The van der Waals surface area contributed by atoms with Gasteiger partial charge in [-0.1, -0.05) is 0 Å². The third-order valence-electron chi connectivity index (χ3n) is 4.10. The minimum atomic E-state index is -0.473. The first kappa shape index (κ1) is 19.2. The van der Waals surface area contributed by atoms with Crippen molar-refractivity contribution in [1.82, 2.24) is 0 Å². The fourth-order valence-corrected chi connectivity index (χ4v) is 2.67. The average molecular weight is 385 g/mol. The Morgan fingerprint density at radius 2 is 1.71 bits per heavy atom. The predicted octanol–water partition coefficient (Wildman–Crippen LogP) is 2.85. The molecule has 0 unspecified atom stereocenters. The van der Waals surface area contributed by atoms with Gasteiger partial charge in [0.05, 0.1) is 12.8 Å². The van der Waals surface area contributed by atoms with Crippen LogP contribution in [0.5, 0.6) is 23.0 Å². The van der Waals surface area contributed by atoms with Crippen molar-refractivity contribution in [3.63, 3.8) is 0 Å². The predicted molar refractivity (Wildman–Crippen MR) is 99.7 cm³/mol. The van der Waals surface area contributed by atoms with Crippen LogP contribution in [-0.2, 0) is 4.79 Å². The lowest BCUT2D eigenvalue weighted by Gasteiger charge is -2.13. The van der Waals surface area contributed by atoms with Crippen LogP contribution < -0.4 is 24.3 Å². The highest BCUT2D eigenvalue weighted by molar-refractivity contribution is 6.05. The van der Waals surface area contributed by atoms with E-state index in [1.165, 1.54) is 27.0 Å². The number of fused-ring (bicyclic) bond motifs is 1. The highest BCUT2D eigenvalue weighted by Crippen LogP contribution is 2.37. The molecule has 0 bridgehead atoms. The van der Waals surface area contributed by atoms with Crippen LogP contribution >= 0.6 is 0 Å². The molecule has 1 amide bonds. The van der Waals surface area contributed by atoms with Crippen LogP contribution in [0.1, 0.15) is 34.6 Å². The van der Waals surface area contributed by atoms with Crippen molar-refractivity contribution < 1.29 is 33.3 Å². The highest BCUT2D eigenvalue weighted by Gasteiger charge is 2.20. The molecule has 0 spiro atoms.